The van der Waals surface area contributed by atoms with E-state index < -0.39 is 0 Å². The molecule has 1 heterocycles. The molecule has 0 fully saturated rings. The molecule has 3 nitrogen and oxygen atoms in total. The van der Waals surface area contributed by atoms with Crippen molar-refractivity contribution in [1.82, 2.24) is 4.98 Å². The third-order valence-electron chi connectivity index (χ3n) is 6.22. The second-order valence-electron chi connectivity index (χ2n) is 9.66. The van der Waals surface area contributed by atoms with Gasteiger partial charge in [-0.05, 0) is 83.9 Å². The van der Waals surface area contributed by atoms with Crippen LogP contribution in [0.2, 0.25) is 0 Å². The van der Waals surface area contributed by atoms with E-state index in [0.717, 1.165) is 35.6 Å². The van der Waals surface area contributed by atoms with Gasteiger partial charge < -0.3 is 0 Å². The van der Waals surface area contributed by atoms with Crippen LogP contribution >= 0.6 is 20.2 Å². The Hall–Kier alpha value is -1.97. The van der Waals surface area contributed by atoms with E-state index in [-0.39, 0.29) is 13.1 Å². The van der Waals surface area contributed by atoms with Gasteiger partial charge in [-0.2, -0.15) is 0 Å². The Balaban J connectivity index is 0.00000145. The van der Waals surface area contributed by atoms with Crippen molar-refractivity contribution in [2.45, 2.75) is 68.2 Å². The zero-order chi connectivity index (χ0) is 27.0. The molecule has 0 atom stereocenters. The van der Waals surface area contributed by atoms with Gasteiger partial charge in [0.05, 0.1) is 17.8 Å². The number of aromatic nitrogens is 1. The van der Waals surface area contributed by atoms with Crippen LogP contribution in [0.4, 0.5) is 11.4 Å². The predicted molar refractivity (Wildman–Crippen MR) is 154 cm³/mol. The fourth-order valence-corrected chi connectivity index (χ4v) is 4.84. The number of pyridine rings is 1. The number of hydrogen-bond donors (Lipinski definition) is 0. The number of nitrogens with zero attached hydrogens (tertiary/aromatic N) is 3. The summed E-state index contributed by atoms with van der Waals surface area (Å²) in [6, 6.07) is 15.2. The van der Waals surface area contributed by atoms with Gasteiger partial charge in [0.25, 0.3) is 0 Å². The van der Waals surface area contributed by atoms with Gasteiger partial charge in [0.1, 0.15) is 7.05 Å². The van der Waals surface area contributed by atoms with Gasteiger partial charge >= 0.3 is 33.3 Å². The van der Waals surface area contributed by atoms with E-state index >= 15 is 0 Å². The Morgan fingerprint density at radius 3 is 1.75 bits per heavy atom. The van der Waals surface area contributed by atoms with Crippen molar-refractivity contribution in [3.63, 3.8) is 0 Å². The van der Waals surface area contributed by atoms with Gasteiger partial charge in [0.2, 0.25) is 5.69 Å². The maximum atomic E-state index is 4.96. The molecule has 3 aromatic rings. The molecule has 0 bridgehead atoms. The van der Waals surface area contributed by atoms with E-state index in [2.05, 4.69) is 109 Å². The molecule has 194 valence electrons. The van der Waals surface area contributed by atoms with Gasteiger partial charge in [0, 0.05) is 35.9 Å². The van der Waals surface area contributed by atoms with Crippen molar-refractivity contribution >= 4 is 43.0 Å². The number of hydrogen-bond acceptors (Lipinski definition) is 2. The van der Waals surface area contributed by atoms with Crippen molar-refractivity contribution in [1.29, 1.82) is 0 Å². The zero-order valence-corrected chi connectivity index (χ0v) is 25.5. The topological polar surface area (TPSA) is 28.3 Å². The molecular weight excluding hydrogens is 529 g/mol. The third-order valence-corrected chi connectivity index (χ3v) is 6.22. The normalized spacial score (nSPS) is 12.2. The molecule has 0 saturated carbocycles. The van der Waals surface area contributed by atoms with E-state index in [1.165, 1.54) is 44.8 Å². The first-order valence-electron chi connectivity index (χ1n) is 12.0. The van der Waals surface area contributed by atoms with Crippen molar-refractivity contribution in [3.8, 4) is 0 Å². The van der Waals surface area contributed by atoms with Gasteiger partial charge in [-0.3, -0.25) is 9.98 Å². The molecule has 0 amide bonds. The average molecular weight is 567 g/mol. The summed E-state index contributed by atoms with van der Waals surface area (Å²) in [6.45, 7) is 17.2. The summed E-state index contributed by atoms with van der Waals surface area (Å²) in [5, 5.41) is 0. The predicted octanol–water partition coefficient (Wildman–Crippen LogP) is 8.62. The van der Waals surface area contributed by atoms with Crippen LogP contribution in [0.3, 0.4) is 0 Å². The van der Waals surface area contributed by atoms with Crippen molar-refractivity contribution in [2.75, 3.05) is 7.05 Å². The standard InChI is InChI=1S/C30H38N3.2ClH.Fe/c1-19-13-21(3)29(22(4)14-19)31-25(7)17-27-11-10-12-28(32-27)18-26(8)33(9)30-23(5)15-20(2)16-24(30)6;;;/h10-16H,17-18H2,1-9H3;2*1H;/q+1;;;+2/p-2. The zero-order valence-electron chi connectivity index (χ0n) is 22.9. The molecule has 0 unspecified atom stereocenters. The van der Waals surface area contributed by atoms with Crippen LogP contribution in [0.1, 0.15) is 58.6 Å². The van der Waals surface area contributed by atoms with Crippen molar-refractivity contribution in [2.24, 2.45) is 4.99 Å². The monoisotopic (exact) mass is 566 g/mol. The van der Waals surface area contributed by atoms with Gasteiger partial charge in [-0.25, -0.2) is 4.58 Å². The second kappa shape index (κ2) is 14.1. The van der Waals surface area contributed by atoms with E-state index in [1.54, 1.807) is 0 Å². The Morgan fingerprint density at radius 2 is 1.25 bits per heavy atom. The van der Waals surface area contributed by atoms with Crippen LogP contribution in [0.25, 0.3) is 0 Å². The maximum absolute atomic E-state index is 4.96. The molecule has 0 radical (unpaired) electrons. The summed E-state index contributed by atoms with van der Waals surface area (Å²) in [6.07, 6.45) is 1.58. The first kappa shape index (κ1) is 30.3. The third kappa shape index (κ3) is 8.56. The van der Waals surface area contributed by atoms with Crippen LogP contribution in [-0.2, 0) is 26.0 Å². The van der Waals surface area contributed by atoms with Crippen LogP contribution < -0.4 is 0 Å². The number of halogens is 2. The molecule has 0 spiro atoms. The number of benzene rings is 2. The minimum absolute atomic E-state index is 0.194. The van der Waals surface area contributed by atoms with E-state index in [1.807, 2.05) is 0 Å². The second-order valence-corrected chi connectivity index (χ2v) is 11.5. The minimum atomic E-state index is 0.194. The first-order chi connectivity index (χ1) is 17.0. The molecule has 36 heavy (non-hydrogen) atoms. The molecular formula is C30H38Cl2FeN3+. The van der Waals surface area contributed by atoms with Crippen LogP contribution in [0, 0.1) is 41.5 Å². The molecule has 1 aromatic heterocycles. The Bertz CT molecular complexity index is 1230. The van der Waals surface area contributed by atoms with E-state index in [9.17, 15) is 0 Å². The summed E-state index contributed by atoms with van der Waals surface area (Å²) < 4.78 is 2.31. The van der Waals surface area contributed by atoms with Crippen molar-refractivity contribution in [3.05, 3.63) is 87.2 Å². The molecule has 2 aromatic carbocycles. The van der Waals surface area contributed by atoms with Crippen LogP contribution in [0.15, 0.2) is 47.5 Å². The fraction of sp³-hybridized carbons (Fsp3) is 0.367. The Kier molecular flexibility index (Phi) is 11.8. The molecule has 0 aliphatic rings. The number of rotatable bonds is 6. The number of aliphatic imine (C=N–C) groups is 1. The quantitative estimate of drug-likeness (QED) is 0.167. The number of aryl methyl sites for hydroxylation is 6. The van der Waals surface area contributed by atoms with Crippen LogP contribution in [0.5, 0.6) is 0 Å². The fourth-order valence-electron chi connectivity index (χ4n) is 4.84. The van der Waals surface area contributed by atoms with Crippen LogP contribution in [-0.4, -0.2) is 28.0 Å². The van der Waals surface area contributed by atoms with E-state index in [0.29, 0.717) is 0 Å². The summed E-state index contributed by atoms with van der Waals surface area (Å²) in [5.41, 5.74) is 14.6. The van der Waals surface area contributed by atoms with E-state index in [4.69, 9.17) is 30.2 Å². The van der Waals surface area contributed by atoms with Crippen molar-refractivity contribution < 1.29 is 17.7 Å². The molecule has 0 N–H and O–H groups in total. The summed E-state index contributed by atoms with van der Waals surface area (Å²) >= 11 is 0.194. The van der Waals surface area contributed by atoms with Gasteiger partial charge in [-0.15, -0.1) is 0 Å². The molecule has 0 aliphatic heterocycles. The first-order valence-corrected chi connectivity index (χ1v) is 15.1. The molecule has 3 rings (SSSR count). The average Bonchev–Trinajstić information content (AvgIpc) is 2.76. The summed E-state index contributed by atoms with van der Waals surface area (Å²) in [5.74, 6) is 0. The molecule has 0 aliphatic carbocycles. The van der Waals surface area contributed by atoms with Gasteiger partial charge in [0.15, 0.2) is 5.71 Å². The Labute approximate surface area is 232 Å². The molecule has 6 heteroatoms. The SMILES string of the molecule is CC(Cc1cccc(CC(C)=[N+](C)c2c(C)cc(C)cc2C)n1)=Nc1c(C)cc(C)cc1C.[Cl][Fe][Cl]. The summed E-state index contributed by atoms with van der Waals surface area (Å²) in [7, 11) is 11.7. The molecule has 0 saturated heterocycles. The Morgan fingerprint density at radius 1 is 0.806 bits per heavy atom. The van der Waals surface area contributed by atoms with Gasteiger partial charge in [-0.1, -0.05) is 29.3 Å². The summed E-state index contributed by atoms with van der Waals surface area (Å²) in [4.78, 5) is 9.90.